The molecule has 0 N–H and O–H groups in total. The number of rotatable bonds is 6. The first-order valence-corrected chi connectivity index (χ1v) is 10.9. The Labute approximate surface area is 194 Å². The molecule has 0 aliphatic carbocycles. The fourth-order valence-corrected chi connectivity index (χ4v) is 3.90. The van der Waals surface area contributed by atoms with E-state index in [4.69, 9.17) is 25.8 Å². The molecule has 1 atom stereocenters. The van der Waals surface area contributed by atoms with Crippen LogP contribution in [0.5, 0.6) is 11.5 Å². The zero-order chi connectivity index (χ0) is 23.5. The number of ketones is 1. The number of morpholine rings is 1. The van der Waals surface area contributed by atoms with Gasteiger partial charge in [0.25, 0.3) is 5.91 Å². The van der Waals surface area contributed by atoms with Gasteiger partial charge >= 0.3 is 0 Å². The van der Waals surface area contributed by atoms with Crippen LogP contribution in [0.15, 0.2) is 35.9 Å². The van der Waals surface area contributed by atoms with Crippen molar-refractivity contribution in [3.63, 3.8) is 0 Å². The van der Waals surface area contributed by atoms with Crippen molar-refractivity contribution in [2.45, 2.75) is 19.4 Å². The van der Waals surface area contributed by atoms with Crippen LogP contribution in [0.3, 0.4) is 0 Å². The fourth-order valence-electron chi connectivity index (χ4n) is 3.72. The van der Waals surface area contributed by atoms with Gasteiger partial charge in [-0.1, -0.05) is 18.5 Å². The number of amides is 1. The van der Waals surface area contributed by atoms with Crippen molar-refractivity contribution >= 4 is 29.4 Å². The van der Waals surface area contributed by atoms with E-state index < -0.39 is 23.5 Å². The maximum Gasteiger partial charge on any atom is 0.253 e. The molecule has 4 rings (SSSR count). The number of carbonyl (C=O) groups is 2. The van der Waals surface area contributed by atoms with Gasteiger partial charge in [0.1, 0.15) is 25.1 Å². The SMILES string of the molecule is CCC(=O)c1cc(F)c(OCC2CN(C(=O)C3=Cc4cc(Cl)ccc4OC3)CCO2)c(F)c1. The molecule has 1 saturated heterocycles. The van der Waals surface area contributed by atoms with Crippen LogP contribution < -0.4 is 9.47 Å². The number of nitrogens with zero attached hydrogens (tertiary/aromatic N) is 1. The van der Waals surface area contributed by atoms with Gasteiger partial charge < -0.3 is 19.1 Å². The summed E-state index contributed by atoms with van der Waals surface area (Å²) in [5.74, 6) is -2.43. The highest BCUT2D eigenvalue weighted by Gasteiger charge is 2.29. The standard InChI is InChI=1S/C24H22ClF2NO5/c1-2-21(29)14-9-19(26)23(20(27)10-14)33-13-18-11-28(5-6-31-18)24(30)16-7-15-8-17(25)3-4-22(15)32-12-16/h3-4,7-10,18H,2,5-6,11-13H2,1H3. The van der Waals surface area contributed by atoms with E-state index in [1.165, 1.54) is 0 Å². The van der Waals surface area contributed by atoms with E-state index >= 15 is 0 Å². The topological polar surface area (TPSA) is 65.1 Å². The second-order valence-electron chi connectivity index (χ2n) is 7.74. The first kappa shape index (κ1) is 23.2. The molecule has 174 valence electrons. The summed E-state index contributed by atoms with van der Waals surface area (Å²) in [7, 11) is 0. The minimum absolute atomic E-state index is 0.0450. The molecule has 2 aromatic carbocycles. The van der Waals surface area contributed by atoms with Gasteiger partial charge in [0.05, 0.1) is 18.7 Å². The van der Waals surface area contributed by atoms with Crippen LogP contribution in [-0.4, -0.2) is 55.6 Å². The number of ether oxygens (including phenoxy) is 3. The van der Waals surface area contributed by atoms with Crippen molar-refractivity contribution in [3.05, 3.63) is 63.7 Å². The van der Waals surface area contributed by atoms with Crippen LogP contribution >= 0.6 is 11.6 Å². The second kappa shape index (κ2) is 9.89. The van der Waals surface area contributed by atoms with Gasteiger partial charge in [-0.3, -0.25) is 9.59 Å². The Morgan fingerprint density at radius 3 is 2.70 bits per heavy atom. The Bertz CT molecular complexity index is 1100. The van der Waals surface area contributed by atoms with E-state index in [0.29, 0.717) is 22.9 Å². The normalized spacial score (nSPS) is 17.6. The molecule has 1 unspecified atom stereocenters. The van der Waals surface area contributed by atoms with Crippen molar-refractivity contribution in [2.24, 2.45) is 0 Å². The maximum atomic E-state index is 14.3. The Kier molecular flexibility index (Phi) is 6.95. The third-order valence-corrected chi connectivity index (χ3v) is 5.68. The van der Waals surface area contributed by atoms with Crippen LogP contribution in [0.1, 0.15) is 29.3 Å². The minimum Gasteiger partial charge on any atom is -0.488 e. The molecule has 0 spiro atoms. The van der Waals surface area contributed by atoms with Crippen LogP contribution in [0.4, 0.5) is 8.78 Å². The van der Waals surface area contributed by atoms with Gasteiger partial charge in [-0.05, 0) is 36.4 Å². The summed E-state index contributed by atoms with van der Waals surface area (Å²) < 4.78 is 45.2. The number of halogens is 3. The van der Waals surface area contributed by atoms with Gasteiger partial charge in [0.15, 0.2) is 23.2 Å². The third kappa shape index (κ3) is 5.17. The smallest absolute Gasteiger partial charge is 0.253 e. The van der Waals surface area contributed by atoms with Crippen molar-refractivity contribution in [1.82, 2.24) is 4.90 Å². The predicted molar refractivity (Wildman–Crippen MR) is 118 cm³/mol. The summed E-state index contributed by atoms with van der Waals surface area (Å²) in [6.07, 6.45) is 1.31. The monoisotopic (exact) mass is 477 g/mol. The molecule has 0 saturated carbocycles. The first-order chi connectivity index (χ1) is 15.9. The molecule has 0 bridgehead atoms. The van der Waals surface area contributed by atoms with E-state index in [1.54, 1.807) is 36.1 Å². The van der Waals surface area contributed by atoms with Crippen LogP contribution in [0.25, 0.3) is 6.08 Å². The van der Waals surface area contributed by atoms with Gasteiger partial charge in [0.2, 0.25) is 0 Å². The molecule has 9 heteroatoms. The summed E-state index contributed by atoms with van der Waals surface area (Å²) in [6, 6.07) is 7.11. The minimum atomic E-state index is -0.961. The molecular formula is C24H22ClF2NO5. The van der Waals surface area contributed by atoms with E-state index in [9.17, 15) is 18.4 Å². The lowest BCUT2D eigenvalue weighted by atomic mass is 10.1. The predicted octanol–water partition coefficient (Wildman–Crippen LogP) is 4.29. The average molecular weight is 478 g/mol. The lowest BCUT2D eigenvalue weighted by Crippen LogP contribution is -2.48. The quantitative estimate of drug-likeness (QED) is 0.581. The van der Waals surface area contributed by atoms with Gasteiger partial charge in [0, 0.05) is 29.1 Å². The van der Waals surface area contributed by atoms with E-state index in [-0.39, 0.29) is 50.0 Å². The molecule has 2 aliphatic rings. The molecule has 0 radical (unpaired) electrons. The zero-order valence-electron chi connectivity index (χ0n) is 17.9. The second-order valence-corrected chi connectivity index (χ2v) is 8.18. The maximum absolute atomic E-state index is 14.3. The summed E-state index contributed by atoms with van der Waals surface area (Å²) in [6.45, 7) is 2.39. The van der Waals surface area contributed by atoms with Crippen molar-refractivity contribution in [2.75, 3.05) is 32.9 Å². The van der Waals surface area contributed by atoms with Gasteiger partial charge in [-0.2, -0.15) is 0 Å². The van der Waals surface area contributed by atoms with Gasteiger partial charge in [-0.15, -0.1) is 0 Å². The lowest BCUT2D eigenvalue weighted by molar-refractivity contribution is -0.136. The Morgan fingerprint density at radius 2 is 1.97 bits per heavy atom. The van der Waals surface area contributed by atoms with Crippen molar-refractivity contribution < 1.29 is 32.6 Å². The van der Waals surface area contributed by atoms with E-state index in [2.05, 4.69) is 0 Å². The molecule has 33 heavy (non-hydrogen) atoms. The summed E-state index contributed by atoms with van der Waals surface area (Å²) in [4.78, 5) is 26.3. The highest BCUT2D eigenvalue weighted by Crippen LogP contribution is 2.30. The number of fused-ring (bicyclic) bond motifs is 1. The molecule has 2 aliphatic heterocycles. The average Bonchev–Trinajstić information content (AvgIpc) is 2.82. The summed E-state index contributed by atoms with van der Waals surface area (Å²) >= 11 is 6.03. The van der Waals surface area contributed by atoms with Crippen molar-refractivity contribution in [3.8, 4) is 11.5 Å². The number of benzene rings is 2. The molecular weight excluding hydrogens is 456 g/mol. The Balaban J connectivity index is 1.40. The Morgan fingerprint density at radius 1 is 1.21 bits per heavy atom. The van der Waals surface area contributed by atoms with Crippen LogP contribution in [-0.2, 0) is 9.53 Å². The molecule has 0 aromatic heterocycles. The van der Waals surface area contributed by atoms with E-state index in [0.717, 1.165) is 17.7 Å². The fraction of sp³-hybridized carbons (Fsp3) is 0.333. The number of carbonyl (C=O) groups excluding carboxylic acids is 2. The molecule has 2 heterocycles. The van der Waals surface area contributed by atoms with Crippen LogP contribution in [0.2, 0.25) is 5.02 Å². The third-order valence-electron chi connectivity index (χ3n) is 5.44. The Hall–Kier alpha value is -2.97. The molecule has 2 aromatic rings. The number of hydrogen-bond acceptors (Lipinski definition) is 5. The number of hydrogen-bond donors (Lipinski definition) is 0. The van der Waals surface area contributed by atoms with Gasteiger partial charge in [-0.25, -0.2) is 8.78 Å². The summed E-state index contributed by atoms with van der Waals surface area (Å²) in [5.41, 5.74) is 1.15. The van der Waals surface area contributed by atoms with Crippen molar-refractivity contribution in [1.29, 1.82) is 0 Å². The summed E-state index contributed by atoms with van der Waals surface area (Å²) in [5, 5.41) is 0.539. The molecule has 1 amide bonds. The lowest BCUT2D eigenvalue weighted by Gasteiger charge is -2.34. The largest absolute Gasteiger partial charge is 0.488 e. The highest BCUT2D eigenvalue weighted by atomic mass is 35.5. The number of Topliss-reactive ketones (excluding diaryl/α,β-unsaturated/α-hetero) is 1. The molecule has 1 fully saturated rings. The van der Waals surface area contributed by atoms with E-state index in [1.807, 2.05) is 0 Å². The van der Waals surface area contributed by atoms with Crippen LogP contribution in [0, 0.1) is 11.6 Å². The first-order valence-electron chi connectivity index (χ1n) is 10.5. The molecule has 6 nitrogen and oxygen atoms in total. The highest BCUT2D eigenvalue weighted by molar-refractivity contribution is 6.30. The zero-order valence-corrected chi connectivity index (χ0v) is 18.7.